The largest absolute Gasteiger partial charge is 0.465 e. The summed E-state index contributed by atoms with van der Waals surface area (Å²) in [5.41, 5.74) is -0.767. The zero-order valence-electron chi connectivity index (χ0n) is 31.8. The monoisotopic (exact) mass is 667 g/mol. The number of ether oxygens (including phenoxy) is 3. The Morgan fingerprint density at radius 1 is 0.340 bits per heavy atom. The highest BCUT2D eigenvalue weighted by Gasteiger charge is 2.30. The van der Waals surface area contributed by atoms with E-state index in [0.29, 0.717) is 19.3 Å². The minimum atomic E-state index is -0.767. The lowest BCUT2D eigenvalue weighted by Crippen LogP contribution is -2.37. The van der Waals surface area contributed by atoms with Gasteiger partial charge in [-0.3, -0.25) is 14.4 Å². The third-order valence-electron chi connectivity index (χ3n) is 9.20. The van der Waals surface area contributed by atoms with Crippen LogP contribution in [-0.2, 0) is 28.6 Å². The fourth-order valence-electron chi connectivity index (χ4n) is 5.85. The Labute approximate surface area is 291 Å². The van der Waals surface area contributed by atoms with Crippen LogP contribution >= 0.6 is 0 Å². The summed E-state index contributed by atoms with van der Waals surface area (Å²) >= 11 is 0. The summed E-state index contributed by atoms with van der Waals surface area (Å²) < 4.78 is 16.9. The quantitative estimate of drug-likeness (QED) is 0.0376. The van der Waals surface area contributed by atoms with Gasteiger partial charge in [-0.2, -0.15) is 0 Å². The van der Waals surface area contributed by atoms with Crippen molar-refractivity contribution < 1.29 is 28.6 Å². The topological polar surface area (TPSA) is 78.9 Å². The molecule has 0 aliphatic rings. The van der Waals surface area contributed by atoms with Gasteiger partial charge in [0.2, 0.25) is 0 Å². The van der Waals surface area contributed by atoms with Crippen LogP contribution in [0.4, 0.5) is 0 Å². The van der Waals surface area contributed by atoms with Gasteiger partial charge in [0.05, 0.1) is 5.41 Å². The standard InChI is InChI=1S/C41H78O6/c1-5-8-11-14-17-20-23-26-29-32-38(42)45-35-41(4,36-46-39(43)33-30-27-24-21-18-15-12-9-6-2)37-47-40(44)34-31-28-25-22-19-16-13-10-7-3/h5-37H2,1-4H3. The smallest absolute Gasteiger partial charge is 0.305 e. The van der Waals surface area contributed by atoms with E-state index < -0.39 is 5.41 Å². The molecule has 6 nitrogen and oxygen atoms in total. The summed E-state index contributed by atoms with van der Waals surface area (Å²) in [7, 11) is 0. The van der Waals surface area contributed by atoms with Crippen molar-refractivity contribution in [1.82, 2.24) is 0 Å². The van der Waals surface area contributed by atoms with Gasteiger partial charge in [0.1, 0.15) is 19.8 Å². The number of rotatable bonds is 36. The lowest BCUT2D eigenvalue weighted by atomic mass is 9.94. The second-order valence-electron chi connectivity index (χ2n) is 14.5. The van der Waals surface area contributed by atoms with Gasteiger partial charge in [-0.15, -0.1) is 0 Å². The van der Waals surface area contributed by atoms with E-state index in [2.05, 4.69) is 20.8 Å². The fourth-order valence-corrected chi connectivity index (χ4v) is 5.85. The molecule has 0 spiro atoms. The average Bonchev–Trinajstić information content (AvgIpc) is 3.07. The second-order valence-corrected chi connectivity index (χ2v) is 14.5. The molecule has 47 heavy (non-hydrogen) atoms. The lowest BCUT2D eigenvalue weighted by Gasteiger charge is -2.28. The minimum absolute atomic E-state index is 0.0693. The molecule has 0 aliphatic carbocycles. The molecule has 6 heteroatoms. The number of carbonyl (C=O) groups is 3. The summed E-state index contributed by atoms with van der Waals surface area (Å²) in [5, 5.41) is 0. The average molecular weight is 667 g/mol. The number of hydrogen-bond acceptors (Lipinski definition) is 6. The van der Waals surface area contributed by atoms with Crippen molar-refractivity contribution in [3.05, 3.63) is 0 Å². The molecule has 0 aliphatic heterocycles. The van der Waals surface area contributed by atoms with Crippen molar-refractivity contribution in [2.75, 3.05) is 19.8 Å². The first kappa shape index (κ1) is 45.4. The summed E-state index contributed by atoms with van der Waals surface area (Å²) in [5.74, 6) is -0.705. The van der Waals surface area contributed by atoms with Gasteiger partial charge in [0, 0.05) is 19.3 Å². The molecule has 0 bridgehead atoms. The van der Waals surface area contributed by atoms with E-state index >= 15 is 0 Å². The molecule has 0 unspecified atom stereocenters. The number of unbranched alkanes of at least 4 members (excludes halogenated alkanes) is 24. The molecule has 0 aromatic rings. The fraction of sp³-hybridized carbons (Fsp3) is 0.927. The molecular formula is C41H78O6. The molecule has 0 aromatic heterocycles. The van der Waals surface area contributed by atoms with Gasteiger partial charge >= 0.3 is 17.9 Å². The first-order valence-electron chi connectivity index (χ1n) is 20.3. The van der Waals surface area contributed by atoms with Crippen LogP contribution < -0.4 is 0 Å². The summed E-state index contributed by atoms with van der Waals surface area (Å²) in [6, 6.07) is 0. The van der Waals surface area contributed by atoms with Crippen molar-refractivity contribution in [2.45, 2.75) is 220 Å². The molecule has 278 valence electrons. The van der Waals surface area contributed by atoms with Crippen LogP contribution in [0.2, 0.25) is 0 Å². The third kappa shape index (κ3) is 32.7. The van der Waals surface area contributed by atoms with Crippen molar-refractivity contribution in [2.24, 2.45) is 5.41 Å². The highest BCUT2D eigenvalue weighted by atomic mass is 16.6. The Morgan fingerprint density at radius 2 is 0.532 bits per heavy atom. The first-order chi connectivity index (χ1) is 22.9. The maximum Gasteiger partial charge on any atom is 0.305 e. The van der Waals surface area contributed by atoms with E-state index in [-0.39, 0.29) is 37.7 Å². The Hall–Kier alpha value is -1.59. The number of esters is 3. The van der Waals surface area contributed by atoms with Gasteiger partial charge in [0.15, 0.2) is 0 Å². The van der Waals surface area contributed by atoms with Crippen LogP contribution in [0.5, 0.6) is 0 Å². The minimum Gasteiger partial charge on any atom is -0.465 e. The second kappa shape index (κ2) is 34.3. The number of carbonyl (C=O) groups excluding carboxylic acids is 3. The molecule has 0 rings (SSSR count). The highest BCUT2D eigenvalue weighted by molar-refractivity contribution is 5.70. The van der Waals surface area contributed by atoms with Gasteiger partial charge in [-0.1, -0.05) is 175 Å². The predicted octanol–water partition coefficient (Wildman–Crippen LogP) is 12.4. The van der Waals surface area contributed by atoms with Gasteiger partial charge in [-0.05, 0) is 26.2 Å². The molecule has 0 atom stereocenters. The van der Waals surface area contributed by atoms with Crippen molar-refractivity contribution in [3.8, 4) is 0 Å². The molecule has 0 fully saturated rings. The normalized spacial score (nSPS) is 11.5. The van der Waals surface area contributed by atoms with Gasteiger partial charge in [0.25, 0.3) is 0 Å². The van der Waals surface area contributed by atoms with Crippen LogP contribution in [0.25, 0.3) is 0 Å². The molecule has 0 aromatic carbocycles. The van der Waals surface area contributed by atoms with Gasteiger partial charge in [-0.25, -0.2) is 0 Å². The van der Waals surface area contributed by atoms with E-state index in [1.165, 1.54) is 116 Å². The molecule has 0 N–H and O–H groups in total. The van der Waals surface area contributed by atoms with E-state index in [0.717, 1.165) is 57.8 Å². The highest BCUT2D eigenvalue weighted by Crippen LogP contribution is 2.21. The van der Waals surface area contributed by atoms with E-state index in [4.69, 9.17) is 14.2 Å². The van der Waals surface area contributed by atoms with Crippen LogP contribution in [0.1, 0.15) is 220 Å². The van der Waals surface area contributed by atoms with Crippen molar-refractivity contribution >= 4 is 17.9 Å². The predicted molar refractivity (Wildman–Crippen MR) is 197 cm³/mol. The third-order valence-corrected chi connectivity index (χ3v) is 9.20. The molecule has 0 saturated carbocycles. The maximum atomic E-state index is 12.5. The number of hydrogen-bond donors (Lipinski definition) is 0. The molecule has 0 amide bonds. The maximum absolute atomic E-state index is 12.5. The SMILES string of the molecule is CCCCCCCCCCCC(=O)OCC(C)(COC(=O)CCCCCCCCCCC)COC(=O)CCCCCCCCCCC. The zero-order valence-corrected chi connectivity index (χ0v) is 31.8. The Balaban J connectivity index is 4.50. The Morgan fingerprint density at radius 3 is 0.745 bits per heavy atom. The summed E-state index contributed by atoms with van der Waals surface area (Å²) in [6.07, 6.45) is 33.4. The molecule has 0 saturated heterocycles. The molecule has 0 heterocycles. The summed E-state index contributed by atoms with van der Waals surface area (Å²) in [4.78, 5) is 37.6. The molecule has 0 radical (unpaired) electrons. The summed E-state index contributed by atoms with van der Waals surface area (Å²) in [6.45, 7) is 8.79. The van der Waals surface area contributed by atoms with Crippen molar-refractivity contribution in [3.63, 3.8) is 0 Å². The van der Waals surface area contributed by atoms with E-state index in [1.54, 1.807) is 0 Å². The first-order valence-corrected chi connectivity index (χ1v) is 20.3. The van der Waals surface area contributed by atoms with Crippen LogP contribution in [-0.4, -0.2) is 37.7 Å². The van der Waals surface area contributed by atoms with Crippen LogP contribution in [0.15, 0.2) is 0 Å². The lowest BCUT2D eigenvalue weighted by molar-refractivity contribution is -0.160. The van der Waals surface area contributed by atoms with Crippen LogP contribution in [0, 0.1) is 5.41 Å². The Bertz CT molecular complexity index is 628. The van der Waals surface area contributed by atoms with Crippen LogP contribution in [0.3, 0.4) is 0 Å². The van der Waals surface area contributed by atoms with E-state index in [1.807, 2.05) is 6.92 Å². The van der Waals surface area contributed by atoms with Gasteiger partial charge < -0.3 is 14.2 Å². The van der Waals surface area contributed by atoms with E-state index in [9.17, 15) is 14.4 Å². The molecular weight excluding hydrogens is 588 g/mol. The van der Waals surface area contributed by atoms with Crippen molar-refractivity contribution in [1.29, 1.82) is 0 Å². The zero-order chi connectivity index (χ0) is 34.7. The Kier molecular flexibility index (Phi) is 33.1.